The highest BCUT2D eigenvalue weighted by Gasteiger charge is 2.14. The highest BCUT2D eigenvalue weighted by atomic mass is 16.5. The topological polar surface area (TPSA) is 88.5 Å². The molecule has 1 aliphatic rings. The van der Waals surface area contributed by atoms with Crippen molar-refractivity contribution in [1.82, 2.24) is 15.3 Å². The maximum Gasteiger partial charge on any atom is 0.257 e. The summed E-state index contributed by atoms with van der Waals surface area (Å²) in [5.74, 6) is 1.73. The zero-order valence-electron chi connectivity index (χ0n) is 20.7. The first kappa shape index (κ1) is 23.5. The van der Waals surface area contributed by atoms with Crippen molar-refractivity contribution in [2.75, 3.05) is 18.5 Å². The molecule has 3 aromatic carbocycles. The van der Waals surface area contributed by atoms with Gasteiger partial charge in [0, 0.05) is 29.4 Å². The van der Waals surface area contributed by atoms with E-state index in [0.717, 1.165) is 40.1 Å². The summed E-state index contributed by atoms with van der Waals surface area (Å²) in [6.07, 6.45) is 1.90. The van der Waals surface area contributed by atoms with Crippen LogP contribution in [0.25, 0.3) is 22.3 Å². The van der Waals surface area contributed by atoms with Crippen LogP contribution >= 0.6 is 0 Å². The van der Waals surface area contributed by atoms with Crippen LogP contribution in [0.15, 0.2) is 71.7 Å². The Kier molecular flexibility index (Phi) is 6.38. The van der Waals surface area contributed by atoms with Gasteiger partial charge in [-0.25, -0.2) is 9.97 Å². The van der Waals surface area contributed by atoms with E-state index in [0.29, 0.717) is 18.1 Å². The zero-order valence-corrected chi connectivity index (χ0v) is 20.7. The summed E-state index contributed by atoms with van der Waals surface area (Å²) >= 11 is 0. The van der Waals surface area contributed by atoms with Crippen LogP contribution in [0.5, 0.6) is 5.75 Å². The van der Waals surface area contributed by atoms with Gasteiger partial charge in [0.1, 0.15) is 11.6 Å². The molecule has 0 unspecified atom stereocenters. The molecule has 0 bridgehead atoms. The first-order valence-corrected chi connectivity index (χ1v) is 12.0. The van der Waals surface area contributed by atoms with Crippen molar-refractivity contribution in [3.8, 4) is 17.1 Å². The number of nitrogens with zero attached hydrogens (tertiary/aromatic N) is 3. The van der Waals surface area contributed by atoms with Crippen LogP contribution in [0.2, 0.25) is 0 Å². The van der Waals surface area contributed by atoms with E-state index in [2.05, 4.69) is 48.5 Å². The fourth-order valence-electron chi connectivity index (χ4n) is 3.91. The van der Waals surface area contributed by atoms with Crippen LogP contribution in [0, 0.1) is 5.41 Å². The Hall–Kier alpha value is -4.26. The average Bonchev–Trinajstić information content (AvgIpc) is 3.34. The molecule has 182 valence electrons. The number of para-hydroxylation sites is 1. The van der Waals surface area contributed by atoms with Gasteiger partial charge in [-0.1, -0.05) is 51.1 Å². The average molecular weight is 480 g/mol. The summed E-state index contributed by atoms with van der Waals surface area (Å²) in [6, 6.07) is 21.6. The molecule has 0 saturated heterocycles. The summed E-state index contributed by atoms with van der Waals surface area (Å²) in [7, 11) is 0. The standard InChI is InChI=1S/C29H29N5O2/c1-29(2,3)18-31-26(35)17-36-23-8-6-7-19(14-23)27-33-25-10-5-4-9-24(25)28(34-27)32-22-12-11-20-15-30-16-21(20)13-22/h4-14,16H,15,17-18H2,1-3H3,(H,31,35)(H,32,33,34). The molecule has 0 radical (unpaired) electrons. The molecule has 0 fully saturated rings. The van der Waals surface area contributed by atoms with Crippen molar-refractivity contribution < 1.29 is 9.53 Å². The Balaban J connectivity index is 1.39. The Bertz CT molecular complexity index is 1460. The van der Waals surface area contributed by atoms with E-state index in [1.165, 1.54) is 5.56 Å². The third kappa shape index (κ3) is 5.51. The molecule has 5 rings (SSSR count). The lowest BCUT2D eigenvalue weighted by atomic mass is 9.97. The Morgan fingerprint density at radius 1 is 1.00 bits per heavy atom. The fourth-order valence-corrected chi connectivity index (χ4v) is 3.91. The molecule has 0 aliphatic carbocycles. The number of hydrogen-bond acceptors (Lipinski definition) is 6. The van der Waals surface area contributed by atoms with Gasteiger partial charge in [-0.2, -0.15) is 0 Å². The maximum atomic E-state index is 12.2. The second kappa shape index (κ2) is 9.77. The molecule has 7 heteroatoms. The molecule has 4 aromatic rings. The van der Waals surface area contributed by atoms with Crippen LogP contribution in [0.4, 0.5) is 11.5 Å². The summed E-state index contributed by atoms with van der Waals surface area (Å²) in [4.78, 5) is 26.2. The number of nitrogens with one attached hydrogen (secondary N) is 2. The van der Waals surface area contributed by atoms with Crippen LogP contribution in [0.1, 0.15) is 31.9 Å². The third-order valence-electron chi connectivity index (χ3n) is 5.78. The van der Waals surface area contributed by atoms with Crippen molar-refractivity contribution >= 4 is 34.5 Å². The highest BCUT2D eigenvalue weighted by molar-refractivity contribution is 5.93. The van der Waals surface area contributed by atoms with E-state index in [-0.39, 0.29) is 17.9 Å². The number of rotatable bonds is 7. The Morgan fingerprint density at radius 3 is 2.72 bits per heavy atom. The normalized spacial score (nSPS) is 12.4. The minimum absolute atomic E-state index is 0.0160. The van der Waals surface area contributed by atoms with Crippen molar-refractivity contribution in [3.63, 3.8) is 0 Å². The SMILES string of the molecule is CC(C)(C)CNC(=O)COc1cccc(-c2nc(Nc3ccc4c(c3)C=NC4)c3ccccc3n2)c1. The lowest BCUT2D eigenvalue weighted by Crippen LogP contribution is -2.35. The molecule has 7 nitrogen and oxygen atoms in total. The van der Waals surface area contributed by atoms with Crippen LogP contribution in [-0.4, -0.2) is 35.2 Å². The molecule has 0 spiro atoms. The molecule has 0 atom stereocenters. The first-order valence-electron chi connectivity index (χ1n) is 12.0. The summed E-state index contributed by atoms with van der Waals surface area (Å²) in [5.41, 5.74) is 4.93. The van der Waals surface area contributed by atoms with Gasteiger partial charge >= 0.3 is 0 Å². The molecular formula is C29H29N5O2. The number of benzene rings is 3. The largest absolute Gasteiger partial charge is 0.484 e. The smallest absolute Gasteiger partial charge is 0.257 e. The lowest BCUT2D eigenvalue weighted by Gasteiger charge is -2.18. The van der Waals surface area contributed by atoms with Crippen LogP contribution in [-0.2, 0) is 11.3 Å². The quantitative estimate of drug-likeness (QED) is 0.365. The van der Waals surface area contributed by atoms with Crippen LogP contribution < -0.4 is 15.4 Å². The molecular weight excluding hydrogens is 450 g/mol. The van der Waals surface area contributed by atoms with Gasteiger partial charge in [0.2, 0.25) is 0 Å². The summed E-state index contributed by atoms with van der Waals surface area (Å²) in [5, 5.41) is 7.30. The van der Waals surface area contributed by atoms with Crippen molar-refractivity contribution in [2.45, 2.75) is 27.3 Å². The number of hydrogen-bond donors (Lipinski definition) is 2. The lowest BCUT2D eigenvalue weighted by molar-refractivity contribution is -0.123. The van der Waals surface area contributed by atoms with E-state index >= 15 is 0 Å². The third-order valence-corrected chi connectivity index (χ3v) is 5.78. The van der Waals surface area contributed by atoms with E-state index < -0.39 is 0 Å². The van der Waals surface area contributed by atoms with Gasteiger partial charge < -0.3 is 15.4 Å². The van der Waals surface area contributed by atoms with Gasteiger partial charge in [-0.3, -0.25) is 9.79 Å². The summed E-state index contributed by atoms with van der Waals surface area (Å²) < 4.78 is 5.76. The monoisotopic (exact) mass is 479 g/mol. The molecule has 2 N–H and O–H groups in total. The van der Waals surface area contributed by atoms with Gasteiger partial charge in [-0.15, -0.1) is 0 Å². The van der Waals surface area contributed by atoms with Crippen LogP contribution in [0.3, 0.4) is 0 Å². The highest BCUT2D eigenvalue weighted by Crippen LogP contribution is 2.30. The Morgan fingerprint density at radius 2 is 1.86 bits per heavy atom. The molecule has 1 aliphatic heterocycles. The molecule has 1 aromatic heterocycles. The minimum atomic E-state index is -0.150. The molecule has 36 heavy (non-hydrogen) atoms. The van der Waals surface area contributed by atoms with E-state index in [9.17, 15) is 4.79 Å². The predicted octanol–water partition coefficient (Wildman–Crippen LogP) is 5.51. The number of ether oxygens (including phenoxy) is 1. The second-order valence-electron chi connectivity index (χ2n) is 10.1. The number of aliphatic imine (C=N–C) groups is 1. The van der Waals surface area contributed by atoms with Gasteiger partial charge in [-0.05, 0) is 52.9 Å². The van der Waals surface area contributed by atoms with Gasteiger partial charge in [0.05, 0.1) is 12.1 Å². The molecule has 0 saturated carbocycles. The Labute approximate surface area is 210 Å². The van der Waals surface area contributed by atoms with E-state index in [1.807, 2.05) is 60.8 Å². The number of amides is 1. The van der Waals surface area contributed by atoms with Gasteiger partial charge in [0.25, 0.3) is 5.91 Å². The van der Waals surface area contributed by atoms with Crippen molar-refractivity contribution in [1.29, 1.82) is 0 Å². The molecule has 2 heterocycles. The van der Waals surface area contributed by atoms with E-state index in [1.54, 1.807) is 0 Å². The molecule has 1 amide bonds. The van der Waals surface area contributed by atoms with Gasteiger partial charge in [0.15, 0.2) is 12.4 Å². The number of anilines is 2. The fraction of sp³-hybridized carbons (Fsp3) is 0.241. The number of carbonyl (C=O) groups excluding carboxylic acids is 1. The van der Waals surface area contributed by atoms with Crippen molar-refractivity contribution in [2.24, 2.45) is 10.4 Å². The predicted molar refractivity (Wildman–Crippen MR) is 144 cm³/mol. The summed E-state index contributed by atoms with van der Waals surface area (Å²) in [6.45, 7) is 7.49. The second-order valence-corrected chi connectivity index (χ2v) is 10.1. The first-order chi connectivity index (χ1) is 17.3. The maximum absolute atomic E-state index is 12.2. The van der Waals surface area contributed by atoms with Crippen molar-refractivity contribution in [3.05, 3.63) is 77.9 Å². The van der Waals surface area contributed by atoms with E-state index in [4.69, 9.17) is 14.7 Å². The number of carbonyl (C=O) groups is 1. The minimum Gasteiger partial charge on any atom is -0.484 e. The number of fused-ring (bicyclic) bond motifs is 2. The zero-order chi connectivity index (χ0) is 25.1. The number of aromatic nitrogens is 2.